The van der Waals surface area contributed by atoms with Crippen LogP contribution in [0.2, 0.25) is 5.02 Å². The molecule has 1 fully saturated rings. The van der Waals surface area contributed by atoms with Crippen LogP contribution in [0.3, 0.4) is 0 Å². The number of carboxylic acid groups (broad SMARTS) is 2. The Morgan fingerprint density at radius 2 is 1.87 bits per heavy atom. The van der Waals surface area contributed by atoms with Crippen LogP contribution in [-0.4, -0.2) is 45.6 Å². The second-order valence-electron chi connectivity index (χ2n) is 14.1. The van der Waals surface area contributed by atoms with E-state index in [0.29, 0.717) is 60.4 Å². The normalized spacial score (nSPS) is 27.9. The molecule has 4 atom stereocenters. The second kappa shape index (κ2) is 12.2. The van der Waals surface area contributed by atoms with Gasteiger partial charge >= 0.3 is 18.2 Å². The van der Waals surface area contributed by atoms with Crippen molar-refractivity contribution in [3.63, 3.8) is 0 Å². The minimum atomic E-state index is -1.37. The van der Waals surface area contributed by atoms with Crippen LogP contribution in [0.4, 0.5) is 5.69 Å². The van der Waals surface area contributed by atoms with E-state index in [2.05, 4.69) is 24.1 Å². The van der Waals surface area contributed by atoms with E-state index in [1.54, 1.807) is 12.1 Å². The van der Waals surface area contributed by atoms with Crippen molar-refractivity contribution in [1.29, 1.82) is 0 Å². The average molecular weight is 661 g/mol. The molecule has 1 saturated carbocycles. The van der Waals surface area contributed by atoms with E-state index in [0.717, 1.165) is 54.7 Å². The molecule has 1 aliphatic heterocycles. The minimum absolute atomic E-state index is 0.233. The van der Waals surface area contributed by atoms with Gasteiger partial charge in [-0.1, -0.05) is 31.5 Å². The van der Waals surface area contributed by atoms with Crippen LogP contribution in [0.15, 0.2) is 48.7 Å². The van der Waals surface area contributed by atoms with Crippen LogP contribution in [0.1, 0.15) is 87.1 Å². The third-order valence-corrected chi connectivity index (χ3v) is 11.3. The third-order valence-electron chi connectivity index (χ3n) is 11.0. The van der Waals surface area contributed by atoms with Crippen LogP contribution in [0.5, 0.6) is 17.2 Å². The molecule has 7 rings (SSSR count). The first-order valence-corrected chi connectivity index (χ1v) is 17.1. The quantitative estimate of drug-likeness (QED) is 0.215. The Hall–Kier alpha value is -3.98. The molecule has 9 nitrogen and oxygen atoms in total. The van der Waals surface area contributed by atoms with E-state index in [-0.39, 0.29) is 17.3 Å². The van der Waals surface area contributed by atoms with Gasteiger partial charge in [0.15, 0.2) is 11.5 Å². The van der Waals surface area contributed by atoms with Gasteiger partial charge in [0.25, 0.3) is 0 Å². The standard InChI is InChI=1S/C37H41ClN2O7/c1-21(20-45-29-9-14-39-28-8-3-5-22(2)32(28)29)15-24-16-23-17-30-31(47-34(46-30)33(41)42)19-27(23)36(24)10-12-37(13-11-36,35(43)44)40-26-7-4-6-25(38)18-26/h4,6-7,9,14,17-19,21-22,24,34,40H,3,5,8,10-13,15-16,20H2,1-2H3,(H,41,42)(H,43,44)/t21-,22-,24+,34?,36?,37?/m1/s1. The number of halogens is 1. The van der Waals surface area contributed by atoms with Crippen molar-refractivity contribution in [2.45, 2.75) is 94.8 Å². The fourth-order valence-electron chi connectivity index (χ4n) is 8.65. The molecular weight excluding hydrogens is 620 g/mol. The van der Waals surface area contributed by atoms with Gasteiger partial charge in [-0.15, -0.1) is 0 Å². The minimum Gasteiger partial charge on any atom is -0.493 e. The van der Waals surface area contributed by atoms with Crippen molar-refractivity contribution in [2.75, 3.05) is 11.9 Å². The lowest BCUT2D eigenvalue weighted by atomic mass is 9.59. The fourth-order valence-corrected chi connectivity index (χ4v) is 8.84. The zero-order valence-electron chi connectivity index (χ0n) is 26.8. The summed E-state index contributed by atoms with van der Waals surface area (Å²) in [6.07, 6.45) is 7.58. The molecule has 3 N–H and O–H groups in total. The molecule has 248 valence electrons. The van der Waals surface area contributed by atoms with Crippen LogP contribution in [0.25, 0.3) is 0 Å². The van der Waals surface area contributed by atoms with E-state index < -0.39 is 23.8 Å². The maximum Gasteiger partial charge on any atom is 0.387 e. The molecule has 2 heterocycles. The average Bonchev–Trinajstić information content (AvgIpc) is 3.59. The summed E-state index contributed by atoms with van der Waals surface area (Å²) >= 11 is 6.23. The molecule has 1 unspecified atom stereocenters. The molecule has 0 amide bonds. The monoisotopic (exact) mass is 660 g/mol. The number of aromatic nitrogens is 1. The molecule has 0 radical (unpaired) electrons. The number of hydrogen-bond acceptors (Lipinski definition) is 7. The van der Waals surface area contributed by atoms with Gasteiger partial charge in [-0.3, -0.25) is 4.98 Å². The summed E-state index contributed by atoms with van der Waals surface area (Å²) in [4.78, 5) is 29.1. The Morgan fingerprint density at radius 1 is 1.11 bits per heavy atom. The second-order valence-corrected chi connectivity index (χ2v) is 14.5. The van der Waals surface area contributed by atoms with Crippen molar-refractivity contribution in [2.24, 2.45) is 11.8 Å². The van der Waals surface area contributed by atoms with Crippen LogP contribution in [-0.2, 0) is 27.8 Å². The summed E-state index contributed by atoms with van der Waals surface area (Å²) in [7, 11) is 0. The van der Waals surface area contributed by atoms with Crippen LogP contribution >= 0.6 is 11.6 Å². The van der Waals surface area contributed by atoms with Gasteiger partial charge < -0.3 is 29.7 Å². The summed E-state index contributed by atoms with van der Waals surface area (Å²) in [6.45, 7) is 5.05. The highest BCUT2D eigenvalue weighted by Gasteiger charge is 2.55. The number of benzene rings is 2. The predicted molar refractivity (Wildman–Crippen MR) is 177 cm³/mol. The summed E-state index contributed by atoms with van der Waals surface area (Å²) in [5.41, 5.74) is 3.86. The van der Waals surface area contributed by atoms with Crippen molar-refractivity contribution in [1.82, 2.24) is 4.98 Å². The lowest BCUT2D eigenvalue weighted by molar-refractivity contribution is -0.154. The molecule has 4 aliphatic rings. The number of ether oxygens (including phenoxy) is 3. The highest BCUT2D eigenvalue weighted by molar-refractivity contribution is 6.30. The number of hydrogen-bond donors (Lipinski definition) is 3. The summed E-state index contributed by atoms with van der Waals surface area (Å²) in [5, 5.41) is 23.9. The Bertz CT molecular complexity index is 1700. The molecule has 3 aromatic rings. The lowest BCUT2D eigenvalue weighted by Crippen LogP contribution is -2.53. The number of nitrogens with one attached hydrogen (secondary N) is 1. The van der Waals surface area contributed by atoms with Gasteiger partial charge in [-0.25, -0.2) is 9.59 Å². The van der Waals surface area contributed by atoms with Crippen molar-refractivity contribution < 1.29 is 34.0 Å². The lowest BCUT2D eigenvalue weighted by Gasteiger charge is -2.47. The zero-order valence-corrected chi connectivity index (χ0v) is 27.5. The van der Waals surface area contributed by atoms with E-state index in [1.807, 2.05) is 36.5 Å². The predicted octanol–water partition coefficient (Wildman–Crippen LogP) is 7.38. The molecule has 0 saturated heterocycles. The summed E-state index contributed by atoms with van der Waals surface area (Å²) in [5.74, 6) is 0.646. The maximum atomic E-state index is 12.9. The van der Waals surface area contributed by atoms with Gasteiger partial charge in [-0.2, -0.15) is 0 Å². The number of nitrogens with zero attached hydrogens (tertiary/aromatic N) is 1. The van der Waals surface area contributed by atoms with E-state index in [4.69, 9.17) is 25.8 Å². The number of aryl methyl sites for hydroxylation is 1. The molecule has 47 heavy (non-hydrogen) atoms. The van der Waals surface area contributed by atoms with Gasteiger partial charge in [0.05, 0.1) is 6.61 Å². The SMILES string of the molecule is C[C@@H](COc1ccnc2c1[C@H](C)CCC2)C[C@H]1Cc2cc3c(cc2C12CCC(Nc1cccc(Cl)c1)(C(=O)O)CC2)OC(C(=O)O)O3. The Balaban J connectivity index is 1.15. The van der Waals surface area contributed by atoms with Crippen LogP contribution in [0, 0.1) is 11.8 Å². The molecule has 0 bridgehead atoms. The smallest absolute Gasteiger partial charge is 0.387 e. The topological polar surface area (TPSA) is 127 Å². The maximum absolute atomic E-state index is 12.9. The number of rotatable bonds is 9. The first kappa shape index (κ1) is 31.6. The van der Waals surface area contributed by atoms with Gasteiger partial charge in [0.2, 0.25) is 0 Å². The summed E-state index contributed by atoms with van der Waals surface area (Å²) < 4.78 is 17.8. The molecule has 2 aromatic carbocycles. The number of pyridine rings is 1. The highest BCUT2D eigenvalue weighted by Crippen LogP contribution is 2.58. The van der Waals surface area contributed by atoms with E-state index in [1.165, 1.54) is 5.56 Å². The number of fused-ring (bicyclic) bond motifs is 4. The van der Waals surface area contributed by atoms with Crippen LogP contribution < -0.4 is 19.5 Å². The molecule has 1 aromatic heterocycles. The Labute approximate surface area is 279 Å². The Kier molecular flexibility index (Phi) is 8.23. The van der Waals surface area contributed by atoms with E-state index >= 15 is 0 Å². The van der Waals surface area contributed by atoms with Gasteiger partial charge in [0.1, 0.15) is 11.3 Å². The third kappa shape index (κ3) is 5.77. The number of carboxylic acids is 2. The van der Waals surface area contributed by atoms with Crippen molar-refractivity contribution in [3.05, 3.63) is 76.1 Å². The molecular formula is C37H41ClN2O7. The van der Waals surface area contributed by atoms with E-state index in [9.17, 15) is 19.8 Å². The Morgan fingerprint density at radius 3 is 2.60 bits per heavy atom. The fraction of sp³-hybridized carbons (Fsp3) is 0.486. The highest BCUT2D eigenvalue weighted by atomic mass is 35.5. The van der Waals surface area contributed by atoms with Gasteiger partial charge in [0, 0.05) is 28.2 Å². The first-order chi connectivity index (χ1) is 22.6. The molecule has 3 aliphatic carbocycles. The molecule has 10 heteroatoms. The largest absolute Gasteiger partial charge is 0.493 e. The zero-order chi connectivity index (χ0) is 32.9. The number of aliphatic carboxylic acids is 2. The number of anilines is 1. The number of carbonyl (C=O) groups is 2. The first-order valence-electron chi connectivity index (χ1n) is 16.7. The van der Waals surface area contributed by atoms with Gasteiger partial charge in [-0.05, 0) is 128 Å². The van der Waals surface area contributed by atoms with Crippen molar-refractivity contribution in [3.8, 4) is 17.2 Å². The molecule has 1 spiro atoms. The summed E-state index contributed by atoms with van der Waals surface area (Å²) in [6, 6.07) is 13.1. The van der Waals surface area contributed by atoms with Crippen molar-refractivity contribution >= 4 is 29.2 Å².